The minimum absolute atomic E-state index is 0.129. The molecule has 0 aliphatic carbocycles. The molecule has 5 N–H and O–H groups in total. The first-order valence-corrected chi connectivity index (χ1v) is 4.68. The molecular weight excluding hydrogens is 164 g/mol. The van der Waals surface area contributed by atoms with Crippen LogP contribution < -0.4 is 17.1 Å². The Hall–Kier alpha value is -0.770. The molecule has 1 unspecified atom stereocenters. The second kappa shape index (κ2) is 6.71. The topological polar surface area (TPSA) is 76.4 Å². The fourth-order valence-corrected chi connectivity index (χ4v) is 0.615. The second-order valence-electron chi connectivity index (χ2n) is 3.75. The highest BCUT2D eigenvalue weighted by Gasteiger charge is 2.23. The number of nitrogens with zero attached hydrogens (tertiary/aromatic N) is 1. The van der Waals surface area contributed by atoms with E-state index in [4.69, 9.17) is 11.6 Å². The number of rotatable bonds is 2. The quantitative estimate of drug-likeness (QED) is 0.265. The summed E-state index contributed by atoms with van der Waals surface area (Å²) in [5.41, 5.74) is 7.93. The van der Waals surface area contributed by atoms with Crippen molar-refractivity contribution >= 4 is 5.84 Å². The Balaban J connectivity index is 0. The maximum Gasteiger partial charge on any atom is 0.124 e. The maximum atomic E-state index is 5.62. The van der Waals surface area contributed by atoms with E-state index in [0.29, 0.717) is 5.84 Å². The summed E-state index contributed by atoms with van der Waals surface area (Å²) in [5, 5.41) is 3.71. The van der Waals surface area contributed by atoms with E-state index in [-0.39, 0.29) is 11.3 Å². The van der Waals surface area contributed by atoms with E-state index in [9.17, 15) is 0 Å². The number of hydrazine groups is 1. The van der Waals surface area contributed by atoms with Crippen LogP contribution in [-0.4, -0.2) is 5.84 Å². The van der Waals surface area contributed by atoms with Gasteiger partial charge in [-0.25, -0.2) is 11.4 Å². The molecule has 4 nitrogen and oxygen atoms in total. The molecule has 0 aromatic rings. The Kier molecular flexibility index (Phi) is 7.61. The zero-order valence-corrected chi connectivity index (χ0v) is 9.68. The number of amidine groups is 1. The molecule has 0 bridgehead atoms. The van der Waals surface area contributed by atoms with Crippen LogP contribution in [0.1, 0.15) is 41.5 Å². The van der Waals surface area contributed by atoms with Gasteiger partial charge in [0.2, 0.25) is 0 Å². The number of nitrogens with two attached hydrogens (primary N) is 2. The molecule has 0 fully saturated rings. The lowest BCUT2D eigenvalue weighted by Gasteiger charge is -2.26. The molecule has 4 heteroatoms. The highest BCUT2D eigenvalue weighted by molar-refractivity contribution is 5.82. The van der Waals surface area contributed by atoms with E-state index < -0.39 is 0 Å². The smallest absolute Gasteiger partial charge is 0.124 e. The molecule has 0 aliphatic heterocycles. The summed E-state index contributed by atoms with van der Waals surface area (Å²) in [6.45, 7) is 12.3. The Morgan fingerprint density at radius 3 is 1.92 bits per heavy atom. The first-order chi connectivity index (χ1) is 5.89. The lowest BCUT2D eigenvalue weighted by atomic mass is 9.81. The number of hydrazone groups is 1. The van der Waals surface area contributed by atoms with E-state index in [1.165, 1.54) is 0 Å². The average molecular weight is 188 g/mol. The third-order valence-corrected chi connectivity index (χ3v) is 1.94. The zero-order valence-electron chi connectivity index (χ0n) is 9.68. The van der Waals surface area contributed by atoms with Crippen LogP contribution >= 0.6 is 0 Å². The molecule has 0 heterocycles. The number of nitrogens with one attached hydrogen (secondary N) is 1. The Bertz CT molecular complexity index is 146. The third kappa shape index (κ3) is 6.40. The van der Waals surface area contributed by atoms with Gasteiger partial charge in [-0.15, -0.1) is 0 Å². The second-order valence-corrected chi connectivity index (χ2v) is 3.75. The van der Waals surface area contributed by atoms with Gasteiger partial charge in [0.25, 0.3) is 0 Å². The molecule has 0 aromatic heterocycles. The van der Waals surface area contributed by atoms with Crippen LogP contribution in [0.4, 0.5) is 0 Å². The summed E-state index contributed by atoms with van der Waals surface area (Å²) in [6, 6.07) is 0. The normalized spacial score (nSPS) is 14.2. The summed E-state index contributed by atoms with van der Waals surface area (Å²) in [7, 11) is 0. The van der Waals surface area contributed by atoms with E-state index >= 15 is 0 Å². The van der Waals surface area contributed by atoms with Crippen LogP contribution in [0, 0.1) is 11.3 Å². The SMILES string of the molecule is CC.CC(/C(N)=N/NN)C(C)(C)C. The van der Waals surface area contributed by atoms with Crippen molar-refractivity contribution in [2.24, 2.45) is 28.0 Å². The molecule has 0 rings (SSSR count). The van der Waals surface area contributed by atoms with E-state index in [0.717, 1.165) is 0 Å². The molecule has 0 saturated heterocycles. The molecule has 13 heavy (non-hydrogen) atoms. The summed E-state index contributed by atoms with van der Waals surface area (Å²) in [4.78, 5) is 0. The summed E-state index contributed by atoms with van der Waals surface area (Å²) < 4.78 is 0. The number of hydrogen-bond donors (Lipinski definition) is 3. The molecule has 0 aliphatic rings. The van der Waals surface area contributed by atoms with Crippen molar-refractivity contribution in [2.45, 2.75) is 41.5 Å². The molecule has 0 radical (unpaired) electrons. The molecule has 0 saturated carbocycles. The molecule has 0 spiro atoms. The summed E-state index contributed by atoms with van der Waals surface area (Å²) >= 11 is 0. The molecule has 80 valence electrons. The van der Waals surface area contributed by atoms with Crippen LogP contribution in [0.3, 0.4) is 0 Å². The van der Waals surface area contributed by atoms with E-state index in [2.05, 4.69) is 31.4 Å². The third-order valence-electron chi connectivity index (χ3n) is 1.94. The van der Waals surface area contributed by atoms with Crippen molar-refractivity contribution in [2.75, 3.05) is 0 Å². The largest absolute Gasteiger partial charge is 0.385 e. The Labute approximate surface area is 81.7 Å². The highest BCUT2D eigenvalue weighted by Crippen LogP contribution is 2.24. The maximum absolute atomic E-state index is 5.62. The van der Waals surface area contributed by atoms with Crippen molar-refractivity contribution in [3.8, 4) is 0 Å². The van der Waals surface area contributed by atoms with Gasteiger partial charge in [-0.3, -0.25) is 0 Å². The highest BCUT2D eigenvalue weighted by atomic mass is 15.5. The van der Waals surface area contributed by atoms with Gasteiger partial charge >= 0.3 is 0 Å². The molecule has 0 aromatic carbocycles. The Morgan fingerprint density at radius 1 is 1.31 bits per heavy atom. The van der Waals surface area contributed by atoms with Crippen molar-refractivity contribution < 1.29 is 0 Å². The minimum atomic E-state index is 0.129. The molecular formula is C9H24N4. The lowest BCUT2D eigenvalue weighted by molar-refractivity contribution is 0.330. The van der Waals surface area contributed by atoms with Crippen LogP contribution in [0.25, 0.3) is 0 Å². The van der Waals surface area contributed by atoms with Crippen LogP contribution in [0.15, 0.2) is 5.10 Å². The first-order valence-electron chi connectivity index (χ1n) is 4.68. The molecule has 0 amide bonds. The van der Waals surface area contributed by atoms with Crippen molar-refractivity contribution in [1.82, 2.24) is 5.53 Å². The fraction of sp³-hybridized carbons (Fsp3) is 0.889. The fourth-order valence-electron chi connectivity index (χ4n) is 0.615. The van der Waals surface area contributed by atoms with Gasteiger partial charge in [0.05, 0.1) is 0 Å². The zero-order chi connectivity index (χ0) is 11.1. The van der Waals surface area contributed by atoms with Gasteiger partial charge < -0.3 is 5.73 Å². The summed E-state index contributed by atoms with van der Waals surface area (Å²) in [6.07, 6.45) is 0. The van der Waals surface area contributed by atoms with Gasteiger partial charge in [0, 0.05) is 5.92 Å². The summed E-state index contributed by atoms with van der Waals surface area (Å²) in [5.74, 6) is 5.76. The van der Waals surface area contributed by atoms with Crippen molar-refractivity contribution in [3.05, 3.63) is 0 Å². The van der Waals surface area contributed by atoms with Crippen LogP contribution in [0.5, 0.6) is 0 Å². The first kappa shape index (κ1) is 14.7. The predicted molar refractivity (Wildman–Crippen MR) is 58.9 cm³/mol. The van der Waals surface area contributed by atoms with Gasteiger partial charge in [-0.2, -0.15) is 5.10 Å². The van der Waals surface area contributed by atoms with Crippen molar-refractivity contribution in [3.63, 3.8) is 0 Å². The lowest BCUT2D eigenvalue weighted by Crippen LogP contribution is -2.34. The van der Waals surface area contributed by atoms with Crippen molar-refractivity contribution in [1.29, 1.82) is 0 Å². The monoisotopic (exact) mass is 188 g/mol. The van der Waals surface area contributed by atoms with Gasteiger partial charge in [0.15, 0.2) is 0 Å². The Morgan fingerprint density at radius 2 is 1.69 bits per heavy atom. The van der Waals surface area contributed by atoms with Gasteiger partial charge in [-0.05, 0) is 5.41 Å². The van der Waals surface area contributed by atoms with E-state index in [1.54, 1.807) is 0 Å². The predicted octanol–water partition coefficient (Wildman–Crippen LogP) is 1.43. The van der Waals surface area contributed by atoms with Crippen LogP contribution in [0.2, 0.25) is 0 Å². The van der Waals surface area contributed by atoms with Gasteiger partial charge in [0.1, 0.15) is 5.84 Å². The van der Waals surface area contributed by atoms with E-state index in [1.807, 2.05) is 20.8 Å². The molecule has 1 atom stereocenters. The van der Waals surface area contributed by atoms with Gasteiger partial charge in [-0.1, -0.05) is 41.5 Å². The van der Waals surface area contributed by atoms with Crippen LogP contribution in [-0.2, 0) is 0 Å². The average Bonchev–Trinajstić information content (AvgIpc) is 2.05. The minimum Gasteiger partial charge on any atom is -0.385 e. The number of hydrogen-bond acceptors (Lipinski definition) is 3. The standard InChI is InChI=1S/C7H18N4.C2H6/c1-5(7(2,3)4)6(8)10-11-9;1-2/h5,11H,9H2,1-4H3,(H2,8,10);1-2H3.